The SMILES string of the molecule is CCN(C1CCNC1)C(C)c1ccc(OC)cc1. The van der Waals surface area contributed by atoms with Gasteiger partial charge in [0.15, 0.2) is 0 Å². The highest BCUT2D eigenvalue weighted by atomic mass is 16.5. The van der Waals surface area contributed by atoms with Crippen LogP contribution in [0.5, 0.6) is 5.75 Å². The van der Waals surface area contributed by atoms with Crippen molar-refractivity contribution in [3.63, 3.8) is 0 Å². The van der Waals surface area contributed by atoms with Crippen LogP contribution in [0, 0.1) is 0 Å². The van der Waals surface area contributed by atoms with Crippen molar-refractivity contribution in [3.8, 4) is 5.75 Å². The van der Waals surface area contributed by atoms with Crippen molar-refractivity contribution in [1.82, 2.24) is 10.2 Å². The number of rotatable bonds is 5. The lowest BCUT2D eigenvalue weighted by molar-refractivity contribution is 0.162. The van der Waals surface area contributed by atoms with E-state index in [1.807, 2.05) is 12.1 Å². The van der Waals surface area contributed by atoms with Crippen LogP contribution in [-0.4, -0.2) is 37.7 Å². The Kier molecular flexibility index (Phi) is 4.61. The van der Waals surface area contributed by atoms with Gasteiger partial charge in [-0.3, -0.25) is 4.90 Å². The molecule has 2 atom stereocenters. The quantitative estimate of drug-likeness (QED) is 0.866. The maximum Gasteiger partial charge on any atom is 0.118 e. The first-order chi connectivity index (χ1) is 8.76. The second kappa shape index (κ2) is 6.21. The van der Waals surface area contributed by atoms with E-state index in [4.69, 9.17) is 4.74 Å². The summed E-state index contributed by atoms with van der Waals surface area (Å²) in [5.74, 6) is 0.927. The second-order valence-electron chi connectivity index (χ2n) is 4.93. The molecular formula is C15H24N2O. The molecule has 0 bridgehead atoms. The summed E-state index contributed by atoms with van der Waals surface area (Å²) in [6, 6.07) is 9.58. The summed E-state index contributed by atoms with van der Waals surface area (Å²) in [7, 11) is 1.71. The van der Waals surface area contributed by atoms with Crippen molar-refractivity contribution in [2.45, 2.75) is 32.4 Å². The first-order valence-corrected chi connectivity index (χ1v) is 6.86. The molecule has 1 aliphatic heterocycles. The number of hydrogen-bond acceptors (Lipinski definition) is 3. The number of hydrogen-bond donors (Lipinski definition) is 1. The van der Waals surface area contributed by atoms with E-state index in [0.29, 0.717) is 12.1 Å². The topological polar surface area (TPSA) is 24.5 Å². The molecule has 3 nitrogen and oxygen atoms in total. The van der Waals surface area contributed by atoms with Gasteiger partial charge >= 0.3 is 0 Å². The highest BCUT2D eigenvalue weighted by molar-refractivity contribution is 5.29. The van der Waals surface area contributed by atoms with Crippen molar-refractivity contribution in [1.29, 1.82) is 0 Å². The zero-order chi connectivity index (χ0) is 13.0. The van der Waals surface area contributed by atoms with Gasteiger partial charge in [0.1, 0.15) is 5.75 Å². The number of nitrogens with zero attached hydrogens (tertiary/aromatic N) is 1. The van der Waals surface area contributed by atoms with Gasteiger partial charge in [0.25, 0.3) is 0 Å². The third-order valence-corrected chi connectivity index (χ3v) is 3.96. The van der Waals surface area contributed by atoms with Crippen molar-refractivity contribution >= 4 is 0 Å². The molecule has 0 aromatic heterocycles. The Morgan fingerprint density at radius 3 is 2.61 bits per heavy atom. The smallest absolute Gasteiger partial charge is 0.118 e. The first kappa shape index (κ1) is 13.4. The second-order valence-corrected chi connectivity index (χ2v) is 4.93. The minimum atomic E-state index is 0.464. The van der Waals surface area contributed by atoms with Crippen LogP contribution in [0.1, 0.15) is 31.9 Å². The standard InChI is InChI=1S/C15H24N2O/c1-4-17(14-9-10-16-11-14)12(2)13-5-7-15(18-3)8-6-13/h5-8,12,14,16H,4,9-11H2,1-3H3. The molecule has 0 aliphatic carbocycles. The molecule has 0 saturated carbocycles. The summed E-state index contributed by atoms with van der Waals surface area (Å²) >= 11 is 0. The number of benzene rings is 1. The van der Waals surface area contributed by atoms with E-state index in [9.17, 15) is 0 Å². The number of methoxy groups -OCH3 is 1. The maximum atomic E-state index is 5.21. The molecule has 0 radical (unpaired) electrons. The van der Waals surface area contributed by atoms with Crippen LogP contribution in [-0.2, 0) is 0 Å². The average Bonchev–Trinajstić information content (AvgIpc) is 2.93. The van der Waals surface area contributed by atoms with Gasteiger partial charge in [-0.1, -0.05) is 19.1 Å². The van der Waals surface area contributed by atoms with Crippen molar-refractivity contribution in [3.05, 3.63) is 29.8 Å². The summed E-state index contributed by atoms with van der Waals surface area (Å²) in [5, 5.41) is 3.45. The minimum absolute atomic E-state index is 0.464. The Labute approximate surface area is 110 Å². The van der Waals surface area contributed by atoms with E-state index in [0.717, 1.165) is 25.4 Å². The number of nitrogens with one attached hydrogen (secondary N) is 1. The Balaban J connectivity index is 2.09. The number of likely N-dealkylation sites (N-methyl/N-ethyl adjacent to an activating group) is 1. The monoisotopic (exact) mass is 248 g/mol. The molecule has 1 fully saturated rings. The molecule has 1 N–H and O–H groups in total. The third kappa shape index (κ3) is 2.85. The fourth-order valence-electron chi connectivity index (χ4n) is 2.84. The zero-order valence-electron chi connectivity index (χ0n) is 11.6. The average molecular weight is 248 g/mol. The molecular weight excluding hydrogens is 224 g/mol. The molecule has 0 amide bonds. The van der Waals surface area contributed by atoms with Crippen LogP contribution < -0.4 is 10.1 Å². The molecule has 1 aliphatic rings. The molecule has 3 heteroatoms. The summed E-state index contributed by atoms with van der Waals surface area (Å²) in [5.41, 5.74) is 1.37. The Morgan fingerprint density at radius 1 is 1.39 bits per heavy atom. The predicted octanol–water partition coefficient (Wildman–Crippen LogP) is 2.44. The molecule has 1 aromatic rings. The molecule has 18 heavy (non-hydrogen) atoms. The Hall–Kier alpha value is -1.06. The lowest BCUT2D eigenvalue weighted by Gasteiger charge is -2.33. The summed E-state index contributed by atoms with van der Waals surface area (Å²) in [6.45, 7) is 7.91. The van der Waals surface area contributed by atoms with Crippen LogP contribution in [0.15, 0.2) is 24.3 Å². The lowest BCUT2D eigenvalue weighted by Crippen LogP contribution is -2.38. The van der Waals surface area contributed by atoms with E-state index < -0.39 is 0 Å². The molecule has 100 valence electrons. The van der Waals surface area contributed by atoms with Gasteiger partial charge < -0.3 is 10.1 Å². The normalized spacial score (nSPS) is 21.2. The van der Waals surface area contributed by atoms with Crippen molar-refractivity contribution < 1.29 is 4.74 Å². The molecule has 1 aromatic carbocycles. The summed E-state index contributed by atoms with van der Waals surface area (Å²) in [4.78, 5) is 2.59. The van der Waals surface area contributed by atoms with E-state index in [1.54, 1.807) is 7.11 Å². The summed E-state index contributed by atoms with van der Waals surface area (Å²) in [6.07, 6.45) is 1.26. The van der Waals surface area contributed by atoms with E-state index in [-0.39, 0.29) is 0 Å². The van der Waals surface area contributed by atoms with Crippen LogP contribution in [0.4, 0.5) is 0 Å². The van der Waals surface area contributed by atoms with Gasteiger partial charge in [0, 0.05) is 18.6 Å². The van der Waals surface area contributed by atoms with Gasteiger partial charge in [-0.25, -0.2) is 0 Å². The molecule has 2 unspecified atom stereocenters. The maximum absolute atomic E-state index is 5.21. The van der Waals surface area contributed by atoms with Crippen LogP contribution in [0.25, 0.3) is 0 Å². The first-order valence-electron chi connectivity index (χ1n) is 6.86. The van der Waals surface area contributed by atoms with Crippen LogP contribution in [0.3, 0.4) is 0 Å². The van der Waals surface area contributed by atoms with Gasteiger partial charge in [-0.05, 0) is 44.1 Å². The zero-order valence-corrected chi connectivity index (χ0v) is 11.6. The van der Waals surface area contributed by atoms with Gasteiger partial charge in [-0.15, -0.1) is 0 Å². The third-order valence-electron chi connectivity index (χ3n) is 3.96. The van der Waals surface area contributed by atoms with Crippen LogP contribution >= 0.6 is 0 Å². The Morgan fingerprint density at radius 2 is 2.11 bits per heavy atom. The van der Waals surface area contributed by atoms with Crippen molar-refractivity contribution in [2.75, 3.05) is 26.7 Å². The fourth-order valence-corrected chi connectivity index (χ4v) is 2.84. The van der Waals surface area contributed by atoms with E-state index in [1.165, 1.54) is 12.0 Å². The Bertz CT molecular complexity index is 357. The highest BCUT2D eigenvalue weighted by Gasteiger charge is 2.25. The van der Waals surface area contributed by atoms with Gasteiger partial charge in [0.05, 0.1) is 7.11 Å². The predicted molar refractivity (Wildman–Crippen MR) is 75.1 cm³/mol. The summed E-state index contributed by atoms with van der Waals surface area (Å²) < 4.78 is 5.21. The number of ether oxygens (including phenoxy) is 1. The largest absolute Gasteiger partial charge is 0.497 e. The molecule has 1 saturated heterocycles. The molecule has 2 rings (SSSR count). The molecule has 0 spiro atoms. The van der Waals surface area contributed by atoms with Crippen LogP contribution in [0.2, 0.25) is 0 Å². The van der Waals surface area contributed by atoms with Crippen molar-refractivity contribution in [2.24, 2.45) is 0 Å². The van der Waals surface area contributed by atoms with Gasteiger partial charge in [0.2, 0.25) is 0 Å². The minimum Gasteiger partial charge on any atom is -0.497 e. The highest BCUT2D eigenvalue weighted by Crippen LogP contribution is 2.25. The molecule has 1 heterocycles. The lowest BCUT2D eigenvalue weighted by atomic mass is 10.0. The van der Waals surface area contributed by atoms with E-state index >= 15 is 0 Å². The fraction of sp³-hybridized carbons (Fsp3) is 0.600. The van der Waals surface area contributed by atoms with Gasteiger partial charge in [-0.2, -0.15) is 0 Å². The van der Waals surface area contributed by atoms with E-state index in [2.05, 4.69) is 36.2 Å².